The molecular formula is C13H14F2O3. The third-order valence-corrected chi connectivity index (χ3v) is 2.35. The van der Waals surface area contributed by atoms with Gasteiger partial charge in [-0.05, 0) is 24.1 Å². The zero-order valence-electron chi connectivity index (χ0n) is 9.90. The number of methoxy groups -OCH3 is 1. The minimum Gasteiger partial charge on any atom is -0.493 e. The number of halogens is 2. The molecule has 0 fully saturated rings. The van der Waals surface area contributed by atoms with Crippen molar-refractivity contribution in [1.82, 2.24) is 0 Å². The molecule has 1 aromatic carbocycles. The van der Waals surface area contributed by atoms with Crippen molar-refractivity contribution in [2.45, 2.75) is 25.6 Å². The second-order valence-corrected chi connectivity index (χ2v) is 3.55. The highest BCUT2D eigenvalue weighted by Crippen LogP contribution is 2.32. The highest BCUT2D eigenvalue weighted by molar-refractivity contribution is 5.43. The first-order valence-corrected chi connectivity index (χ1v) is 5.32. The molecule has 0 heterocycles. The van der Waals surface area contributed by atoms with E-state index in [9.17, 15) is 13.9 Å². The van der Waals surface area contributed by atoms with Gasteiger partial charge in [0.15, 0.2) is 11.5 Å². The van der Waals surface area contributed by atoms with E-state index in [1.807, 2.05) is 0 Å². The topological polar surface area (TPSA) is 38.7 Å². The molecular weight excluding hydrogens is 242 g/mol. The highest BCUT2D eigenvalue weighted by atomic mass is 19.3. The van der Waals surface area contributed by atoms with E-state index in [4.69, 9.17) is 11.2 Å². The molecule has 0 spiro atoms. The third-order valence-electron chi connectivity index (χ3n) is 2.35. The summed E-state index contributed by atoms with van der Waals surface area (Å²) in [6, 6.07) is 4.37. The fourth-order valence-corrected chi connectivity index (χ4v) is 1.48. The van der Waals surface area contributed by atoms with Crippen LogP contribution in [-0.4, -0.2) is 18.8 Å². The maximum atomic E-state index is 12.2. The standard InChI is InChI=1S/C13H14F2O3/c1-3-4-5-10(16)9-6-7-11(17-2)12(8-9)18-13(14)15/h1,6-8,10,13,16H,4-5H2,2H3. The molecule has 5 heteroatoms. The number of benzene rings is 1. The number of aliphatic hydroxyl groups excluding tert-OH is 1. The minimum atomic E-state index is -2.95. The summed E-state index contributed by atoms with van der Waals surface area (Å²) < 4.78 is 33.6. The van der Waals surface area contributed by atoms with Crippen LogP contribution in [0.5, 0.6) is 11.5 Å². The van der Waals surface area contributed by atoms with Crippen LogP contribution < -0.4 is 9.47 Å². The van der Waals surface area contributed by atoms with Crippen LogP contribution in [0.3, 0.4) is 0 Å². The molecule has 0 saturated carbocycles. The first kappa shape index (κ1) is 14.3. The van der Waals surface area contributed by atoms with Crippen LogP contribution in [-0.2, 0) is 0 Å². The number of rotatable bonds is 6. The van der Waals surface area contributed by atoms with Gasteiger partial charge in [-0.3, -0.25) is 0 Å². The zero-order valence-corrected chi connectivity index (χ0v) is 9.90. The number of hydrogen-bond acceptors (Lipinski definition) is 3. The molecule has 0 aliphatic heterocycles. The second-order valence-electron chi connectivity index (χ2n) is 3.55. The Morgan fingerprint density at radius 3 is 2.67 bits per heavy atom. The van der Waals surface area contributed by atoms with Gasteiger partial charge in [0.05, 0.1) is 13.2 Å². The predicted molar refractivity (Wildman–Crippen MR) is 62.7 cm³/mol. The quantitative estimate of drug-likeness (QED) is 0.795. The van der Waals surface area contributed by atoms with Crippen molar-refractivity contribution >= 4 is 0 Å². The SMILES string of the molecule is C#CCCC(O)c1ccc(OC)c(OC(F)F)c1. The average Bonchev–Trinajstić information content (AvgIpc) is 2.35. The van der Waals surface area contributed by atoms with Crippen molar-refractivity contribution in [1.29, 1.82) is 0 Å². The van der Waals surface area contributed by atoms with E-state index in [1.54, 1.807) is 6.07 Å². The summed E-state index contributed by atoms with van der Waals surface area (Å²) in [7, 11) is 1.35. The van der Waals surface area contributed by atoms with E-state index in [2.05, 4.69) is 10.7 Å². The normalized spacial score (nSPS) is 12.0. The van der Waals surface area contributed by atoms with Crippen LogP contribution in [0, 0.1) is 12.3 Å². The minimum absolute atomic E-state index is 0.107. The molecule has 0 saturated heterocycles. The van der Waals surface area contributed by atoms with Crippen LogP contribution in [0.4, 0.5) is 8.78 Å². The average molecular weight is 256 g/mol. The van der Waals surface area contributed by atoms with Gasteiger partial charge >= 0.3 is 6.61 Å². The summed E-state index contributed by atoms with van der Waals surface area (Å²) in [5, 5.41) is 9.79. The Hall–Kier alpha value is -1.80. The smallest absolute Gasteiger partial charge is 0.387 e. The second kappa shape index (κ2) is 6.82. The van der Waals surface area contributed by atoms with Crippen LogP contribution in [0.2, 0.25) is 0 Å². The van der Waals surface area contributed by atoms with Gasteiger partial charge in [0.25, 0.3) is 0 Å². The maximum Gasteiger partial charge on any atom is 0.387 e. The first-order valence-electron chi connectivity index (χ1n) is 5.32. The Kier molecular flexibility index (Phi) is 5.40. The van der Waals surface area contributed by atoms with E-state index in [1.165, 1.54) is 19.2 Å². The van der Waals surface area contributed by atoms with Crippen molar-refractivity contribution < 1.29 is 23.4 Å². The summed E-state index contributed by atoms with van der Waals surface area (Å²) in [5.41, 5.74) is 0.460. The van der Waals surface area contributed by atoms with Gasteiger partial charge in [-0.25, -0.2) is 0 Å². The predicted octanol–water partition coefficient (Wildman–Crippen LogP) is 2.74. The lowest BCUT2D eigenvalue weighted by Crippen LogP contribution is -2.05. The maximum absolute atomic E-state index is 12.2. The molecule has 3 nitrogen and oxygen atoms in total. The highest BCUT2D eigenvalue weighted by Gasteiger charge is 2.14. The van der Waals surface area contributed by atoms with Crippen molar-refractivity contribution in [2.24, 2.45) is 0 Å². The summed E-state index contributed by atoms with van der Waals surface area (Å²) in [4.78, 5) is 0. The molecule has 1 N–H and O–H groups in total. The molecule has 1 unspecified atom stereocenters. The molecule has 0 amide bonds. The summed E-state index contributed by atoms with van der Waals surface area (Å²) in [6.45, 7) is -2.95. The summed E-state index contributed by atoms with van der Waals surface area (Å²) in [5.74, 6) is 2.48. The Balaban J connectivity index is 2.91. The first-order chi connectivity index (χ1) is 8.58. The number of aliphatic hydroxyl groups is 1. The molecule has 0 bridgehead atoms. The zero-order chi connectivity index (χ0) is 13.5. The van der Waals surface area contributed by atoms with Gasteiger partial charge < -0.3 is 14.6 Å². The lowest BCUT2D eigenvalue weighted by Gasteiger charge is -2.14. The fraction of sp³-hybridized carbons (Fsp3) is 0.385. The van der Waals surface area contributed by atoms with E-state index in [-0.39, 0.29) is 11.5 Å². The van der Waals surface area contributed by atoms with Gasteiger partial charge in [0.1, 0.15) is 0 Å². The van der Waals surface area contributed by atoms with Gasteiger partial charge in [0.2, 0.25) is 0 Å². The molecule has 0 aromatic heterocycles. The fourth-order valence-electron chi connectivity index (χ4n) is 1.48. The van der Waals surface area contributed by atoms with Crippen LogP contribution >= 0.6 is 0 Å². The van der Waals surface area contributed by atoms with Gasteiger partial charge in [-0.15, -0.1) is 12.3 Å². The van der Waals surface area contributed by atoms with Gasteiger partial charge in [-0.1, -0.05) is 6.07 Å². The van der Waals surface area contributed by atoms with Gasteiger partial charge in [0, 0.05) is 6.42 Å². The number of hydrogen-bond donors (Lipinski definition) is 1. The molecule has 1 rings (SSSR count). The Bertz CT molecular complexity index is 427. The molecule has 0 aliphatic carbocycles. The Morgan fingerprint density at radius 1 is 1.39 bits per heavy atom. The number of alkyl halides is 2. The number of ether oxygens (including phenoxy) is 2. The van der Waals surface area contributed by atoms with Gasteiger partial charge in [-0.2, -0.15) is 8.78 Å². The van der Waals surface area contributed by atoms with E-state index in [0.29, 0.717) is 18.4 Å². The lowest BCUT2D eigenvalue weighted by atomic mass is 10.0. The van der Waals surface area contributed by atoms with E-state index in [0.717, 1.165) is 0 Å². The summed E-state index contributed by atoms with van der Waals surface area (Å²) in [6.07, 6.45) is 5.04. The van der Waals surface area contributed by atoms with E-state index < -0.39 is 12.7 Å². The molecule has 1 aromatic rings. The van der Waals surface area contributed by atoms with Crippen molar-refractivity contribution in [3.05, 3.63) is 23.8 Å². The monoisotopic (exact) mass is 256 g/mol. The number of terminal acetylenes is 1. The molecule has 0 radical (unpaired) electrons. The molecule has 0 aliphatic rings. The van der Waals surface area contributed by atoms with Crippen molar-refractivity contribution in [2.75, 3.05) is 7.11 Å². The van der Waals surface area contributed by atoms with Crippen molar-refractivity contribution in [3.8, 4) is 23.8 Å². The Morgan fingerprint density at radius 2 is 2.11 bits per heavy atom. The third kappa shape index (κ3) is 3.90. The summed E-state index contributed by atoms with van der Waals surface area (Å²) >= 11 is 0. The largest absolute Gasteiger partial charge is 0.493 e. The Labute approximate surface area is 104 Å². The molecule has 98 valence electrons. The molecule has 18 heavy (non-hydrogen) atoms. The molecule has 1 atom stereocenters. The lowest BCUT2D eigenvalue weighted by molar-refractivity contribution is -0.0513. The van der Waals surface area contributed by atoms with E-state index >= 15 is 0 Å². The van der Waals surface area contributed by atoms with Crippen LogP contribution in [0.1, 0.15) is 24.5 Å². The van der Waals surface area contributed by atoms with Crippen molar-refractivity contribution in [3.63, 3.8) is 0 Å². The van der Waals surface area contributed by atoms with Crippen LogP contribution in [0.25, 0.3) is 0 Å². The van der Waals surface area contributed by atoms with Crippen LogP contribution in [0.15, 0.2) is 18.2 Å².